The highest BCUT2D eigenvalue weighted by Crippen LogP contribution is 2.41. The van der Waals surface area contributed by atoms with Crippen molar-refractivity contribution < 1.29 is 83.8 Å². The van der Waals surface area contributed by atoms with Crippen LogP contribution in [0.1, 0.15) is 175 Å². The minimum Gasteiger partial charge on any atom is -0.466 e. The number of hydrogen-bond donors (Lipinski definition) is 2. The largest absolute Gasteiger partial charge is 0.573 e. The van der Waals surface area contributed by atoms with E-state index >= 15 is 0 Å². The molecule has 0 aliphatic carbocycles. The molecule has 14 nitrogen and oxygen atoms in total. The summed E-state index contributed by atoms with van der Waals surface area (Å²) in [5.41, 5.74) is 2.13. The Labute approximate surface area is 446 Å². The van der Waals surface area contributed by atoms with Crippen LogP contribution in [0, 0.1) is 0 Å². The van der Waals surface area contributed by atoms with E-state index in [0.717, 1.165) is 24.0 Å². The van der Waals surface area contributed by atoms with E-state index in [1.807, 2.05) is 46.8 Å². The number of rotatable bonds is 25. The molecular weight excluding hydrogens is 1020 g/mol. The highest BCUT2D eigenvalue weighted by Gasteiger charge is 2.36. The zero-order valence-corrected chi connectivity index (χ0v) is 45.3. The number of carbonyl (C=O) groups excluding carboxylic acids is 5. The van der Waals surface area contributed by atoms with Crippen LogP contribution >= 0.6 is 0 Å². The molecule has 0 aliphatic rings. The summed E-state index contributed by atoms with van der Waals surface area (Å²) in [7, 11) is 0. The summed E-state index contributed by atoms with van der Waals surface area (Å²) >= 11 is 0. The molecule has 0 radical (unpaired) electrons. The average Bonchev–Trinajstić information content (AvgIpc) is 3.33. The van der Waals surface area contributed by atoms with Crippen LogP contribution in [-0.2, 0) is 38.4 Å². The molecule has 77 heavy (non-hydrogen) atoms. The fourth-order valence-electron chi connectivity index (χ4n) is 7.82. The van der Waals surface area contributed by atoms with Gasteiger partial charge in [0, 0.05) is 36.1 Å². The third kappa shape index (κ3) is 24.0. The zero-order valence-electron chi connectivity index (χ0n) is 45.3. The SMILES string of the molecule is CCCC(c1ccc(C(=O)NCCC(=O)OCC)cc1)[C@H](C(=O)OC(C)(C)C)c1ccc(OC(F)(F)F)cc1.CCC[C@@H](c1ccc(C(=O)NCCC(=O)OCC)cc1)C(OOC(C)(C)C)c1ccc(OC(F)(F)F)cc1. The quantitative estimate of drug-likeness (QED) is 0.0212. The van der Waals surface area contributed by atoms with Crippen molar-refractivity contribution in [3.63, 3.8) is 0 Å². The van der Waals surface area contributed by atoms with Crippen molar-refractivity contribution in [1.29, 1.82) is 0 Å². The number of benzene rings is 4. The van der Waals surface area contributed by atoms with Crippen LogP contribution < -0.4 is 20.1 Å². The smallest absolute Gasteiger partial charge is 0.466 e. The Hall–Kier alpha value is -6.67. The first-order valence-electron chi connectivity index (χ1n) is 25.4. The number of halogens is 6. The maximum atomic E-state index is 13.4. The monoisotopic (exact) mass is 1090 g/mol. The fourth-order valence-corrected chi connectivity index (χ4v) is 7.82. The molecule has 4 aromatic rings. The van der Waals surface area contributed by atoms with E-state index < -0.39 is 47.9 Å². The van der Waals surface area contributed by atoms with Crippen LogP contribution in [0.25, 0.3) is 0 Å². The van der Waals surface area contributed by atoms with Crippen molar-refractivity contribution in [2.75, 3.05) is 26.3 Å². The van der Waals surface area contributed by atoms with Gasteiger partial charge in [0.2, 0.25) is 0 Å². The zero-order chi connectivity index (χ0) is 57.6. The van der Waals surface area contributed by atoms with Gasteiger partial charge in [-0.15, -0.1) is 26.3 Å². The molecule has 2 amide bonds. The van der Waals surface area contributed by atoms with Crippen LogP contribution in [0.5, 0.6) is 11.5 Å². The summed E-state index contributed by atoms with van der Waals surface area (Å²) in [5.74, 6) is -4.10. The summed E-state index contributed by atoms with van der Waals surface area (Å²) < 4.78 is 99.1. The minimum absolute atomic E-state index is 0.0562. The summed E-state index contributed by atoms with van der Waals surface area (Å²) in [6.07, 6.45) is -7.34. The molecule has 0 heterocycles. The van der Waals surface area contributed by atoms with Crippen molar-refractivity contribution in [2.24, 2.45) is 0 Å². The lowest BCUT2D eigenvalue weighted by Crippen LogP contribution is -2.31. The predicted molar refractivity (Wildman–Crippen MR) is 275 cm³/mol. The second-order valence-electron chi connectivity index (χ2n) is 19.6. The van der Waals surface area contributed by atoms with Gasteiger partial charge in [0.05, 0.1) is 37.6 Å². The van der Waals surface area contributed by atoms with Crippen LogP contribution in [0.3, 0.4) is 0 Å². The molecule has 0 spiro atoms. The van der Waals surface area contributed by atoms with E-state index in [9.17, 15) is 50.3 Å². The highest BCUT2D eigenvalue weighted by molar-refractivity contribution is 5.95. The molecule has 4 rings (SSSR count). The Balaban J connectivity index is 0.000000405. The lowest BCUT2D eigenvalue weighted by atomic mass is 9.78. The molecule has 4 atom stereocenters. The van der Waals surface area contributed by atoms with Crippen LogP contribution in [0.4, 0.5) is 26.3 Å². The number of esters is 3. The number of carbonyl (C=O) groups is 5. The van der Waals surface area contributed by atoms with Gasteiger partial charge in [0.1, 0.15) is 23.2 Å². The van der Waals surface area contributed by atoms with Gasteiger partial charge in [0.15, 0.2) is 0 Å². The fraction of sp³-hybridized carbons (Fsp3) is 0.491. The van der Waals surface area contributed by atoms with E-state index in [2.05, 4.69) is 20.1 Å². The van der Waals surface area contributed by atoms with Gasteiger partial charge in [-0.2, -0.15) is 0 Å². The van der Waals surface area contributed by atoms with Crippen molar-refractivity contribution in [1.82, 2.24) is 10.6 Å². The van der Waals surface area contributed by atoms with Gasteiger partial charge in [-0.05, 0) is 139 Å². The predicted octanol–water partition coefficient (Wildman–Crippen LogP) is 12.9. The van der Waals surface area contributed by atoms with Gasteiger partial charge >= 0.3 is 30.6 Å². The second-order valence-corrected chi connectivity index (χ2v) is 19.6. The molecule has 0 aliphatic heterocycles. The van der Waals surface area contributed by atoms with Crippen LogP contribution in [0.2, 0.25) is 0 Å². The van der Waals surface area contributed by atoms with E-state index in [1.165, 1.54) is 48.5 Å². The average molecular weight is 1090 g/mol. The van der Waals surface area contributed by atoms with Gasteiger partial charge in [-0.1, -0.05) is 75.2 Å². The number of amides is 2. The Morgan fingerprint density at radius 2 is 0.870 bits per heavy atom. The molecule has 2 N–H and O–H groups in total. The van der Waals surface area contributed by atoms with Crippen molar-refractivity contribution >= 4 is 29.7 Å². The molecule has 424 valence electrons. The van der Waals surface area contributed by atoms with Crippen molar-refractivity contribution in [3.05, 3.63) is 130 Å². The molecule has 0 fully saturated rings. The standard InChI is InChI=1S/C29H36F3NO6.C28H36F3NO6/c1-6-8-23(19-9-11-21(12-10-19)26(35)33-18-17-24(34)37-7-2)25(27(36)39-28(3,4)5)20-13-15-22(16-14-20)38-29(30,31)32;1-6-8-23(19-9-11-21(12-10-19)26(34)32-18-17-24(33)35-7-2)25(37-38-27(3,4)5)20-13-15-22(16-14-20)36-28(29,30)31/h9-16,23,25H,6-8,17-18H2,1-5H3,(H,33,35);9-16,23,25H,6-8,17-18H2,1-5H3,(H,32,34)/t23?,25-;23-,25?/m10/s1. The molecule has 0 bridgehead atoms. The molecule has 2 unspecified atom stereocenters. The number of ether oxygens (including phenoxy) is 5. The molecule has 0 saturated heterocycles. The Morgan fingerprint density at radius 1 is 0.494 bits per heavy atom. The Bertz CT molecular complexity index is 2450. The van der Waals surface area contributed by atoms with Crippen LogP contribution in [-0.4, -0.2) is 80.0 Å². The summed E-state index contributed by atoms with van der Waals surface area (Å²) in [6, 6.07) is 24.5. The van der Waals surface area contributed by atoms with Crippen LogP contribution in [0.15, 0.2) is 97.1 Å². The topological polar surface area (TPSA) is 174 Å². The van der Waals surface area contributed by atoms with E-state index in [-0.39, 0.29) is 80.3 Å². The van der Waals surface area contributed by atoms with Crippen molar-refractivity contribution in [2.45, 2.75) is 156 Å². The first-order valence-corrected chi connectivity index (χ1v) is 25.4. The Morgan fingerprint density at radius 3 is 1.23 bits per heavy atom. The summed E-state index contributed by atoms with van der Waals surface area (Å²) in [5, 5.41) is 5.36. The summed E-state index contributed by atoms with van der Waals surface area (Å²) in [6.45, 7) is 18.9. The van der Waals surface area contributed by atoms with E-state index in [0.29, 0.717) is 35.1 Å². The number of alkyl halides is 6. The van der Waals surface area contributed by atoms with E-state index in [1.54, 1.807) is 71.0 Å². The van der Waals surface area contributed by atoms with E-state index in [4.69, 9.17) is 24.0 Å². The third-order valence-corrected chi connectivity index (χ3v) is 11.0. The minimum atomic E-state index is -4.83. The third-order valence-electron chi connectivity index (χ3n) is 11.0. The lowest BCUT2D eigenvalue weighted by Gasteiger charge is -2.30. The second kappa shape index (κ2) is 30.3. The first-order chi connectivity index (χ1) is 36.1. The summed E-state index contributed by atoms with van der Waals surface area (Å²) in [4.78, 5) is 72.9. The number of hydrogen-bond acceptors (Lipinski definition) is 12. The van der Waals surface area contributed by atoms with Gasteiger partial charge in [0.25, 0.3) is 11.8 Å². The van der Waals surface area contributed by atoms with Gasteiger partial charge < -0.3 is 34.3 Å². The Kier molecular flexibility index (Phi) is 25.4. The number of nitrogens with one attached hydrogen (secondary N) is 2. The molecular formula is C57H72F6N2O12. The molecule has 4 aromatic carbocycles. The normalized spacial score (nSPS) is 13.4. The molecule has 0 aromatic heterocycles. The highest BCUT2D eigenvalue weighted by atomic mass is 19.4. The van der Waals surface area contributed by atoms with Gasteiger partial charge in [-0.3, -0.25) is 24.0 Å². The lowest BCUT2D eigenvalue weighted by molar-refractivity contribution is -0.379. The first kappa shape index (κ1) is 64.6. The maximum absolute atomic E-state index is 13.4. The van der Waals surface area contributed by atoms with Gasteiger partial charge in [-0.25, -0.2) is 9.78 Å². The van der Waals surface area contributed by atoms with Crippen molar-refractivity contribution in [3.8, 4) is 11.5 Å². The molecule has 0 saturated carbocycles. The molecule has 20 heteroatoms. The maximum Gasteiger partial charge on any atom is 0.573 e.